The number of carboxylic acids is 1. The van der Waals surface area contributed by atoms with E-state index in [1.54, 1.807) is 0 Å². The molecule has 4 heteroatoms. The molecule has 26 heavy (non-hydrogen) atoms. The molecule has 0 heterocycles. The van der Waals surface area contributed by atoms with E-state index in [0.717, 1.165) is 42.0 Å². The Bertz CT molecular complexity index is 806. The lowest BCUT2D eigenvalue weighted by Crippen LogP contribution is -2.39. The van der Waals surface area contributed by atoms with Crippen molar-refractivity contribution in [3.05, 3.63) is 48.0 Å². The Balaban J connectivity index is 1.44. The van der Waals surface area contributed by atoms with E-state index in [4.69, 9.17) is 0 Å². The van der Waals surface area contributed by atoms with Crippen molar-refractivity contribution in [3.8, 4) is 0 Å². The van der Waals surface area contributed by atoms with E-state index in [9.17, 15) is 14.7 Å². The lowest BCUT2D eigenvalue weighted by Gasteiger charge is -2.19. The lowest BCUT2D eigenvalue weighted by molar-refractivity contribution is -0.141. The zero-order valence-electron chi connectivity index (χ0n) is 14.9. The third-order valence-electron chi connectivity index (χ3n) is 5.78. The first-order valence-corrected chi connectivity index (χ1v) is 9.60. The normalized spacial score (nSPS) is 18.0. The number of benzene rings is 2. The number of fused-ring (bicyclic) bond motifs is 1. The van der Waals surface area contributed by atoms with Gasteiger partial charge in [0.2, 0.25) is 5.91 Å². The van der Waals surface area contributed by atoms with Gasteiger partial charge in [-0.05, 0) is 60.3 Å². The number of carbonyl (C=O) groups excluding carboxylic acids is 1. The summed E-state index contributed by atoms with van der Waals surface area (Å²) in [6.45, 7) is 0.202. The molecule has 0 bridgehead atoms. The number of aliphatic carboxylic acids is 1. The predicted octanol–water partition coefficient (Wildman–Crippen LogP) is 3.64. The quantitative estimate of drug-likeness (QED) is 0.763. The van der Waals surface area contributed by atoms with Gasteiger partial charge in [-0.1, -0.05) is 42.5 Å². The second-order valence-electron chi connectivity index (χ2n) is 7.82. The minimum atomic E-state index is -0.854. The van der Waals surface area contributed by atoms with Gasteiger partial charge in [-0.3, -0.25) is 9.59 Å². The molecular formula is C22H25NO3. The van der Waals surface area contributed by atoms with Crippen molar-refractivity contribution in [1.82, 2.24) is 5.32 Å². The second kappa shape index (κ2) is 7.10. The SMILES string of the molecule is O=C(O)C(CNC(=O)C(C1CC1)C1CC1)Cc1cccc2ccccc12. The topological polar surface area (TPSA) is 66.4 Å². The second-order valence-corrected chi connectivity index (χ2v) is 7.82. The van der Waals surface area contributed by atoms with Gasteiger partial charge in [0.25, 0.3) is 0 Å². The van der Waals surface area contributed by atoms with E-state index in [1.165, 1.54) is 0 Å². The van der Waals surface area contributed by atoms with Crippen LogP contribution >= 0.6 is 0 Å². The predicted molar refractivity (Wildman–Crippen MR) is 101 cm³/mol. The first-order chi connectivity index (χ1) is 12.6. The summed E-state index contributed by atoms with van der Waals surface area (Å²) in [6.07, 6.45) is 5.01. The maximum atomic E-state index is 12.6. The van der Waals surface area contributed by atoms with Crippen LogP contribution in [0, 0.1) is 23.7 Å². The van der Waals surface area contributed by atoms with Crippen LogP contribution in [0.5, 0.6) is 0 Å². The van der Waals surface area contributed by atoms with Gasteiger partial charge in [-0.2, -0.15) is 0 Å². The molecule has 4 nitrogen and oxygen atoms in total. The molecule has 4 rings (SSSR count). The zero-order valence-corrected chi connectivity index (χ0v) is 14.9. The third kappa shape index (κ3) is 3.74. The minimum absolute atomic E-state index is 0.0687. The van der Waals surface area contributed by atoms with Crippen molar-refractivity contribution < 1.29 is 14.7 Å². The van der Waals surface area contributed by atoms with Crippen molar-refractivity contribution in [2.24, 2.45) is 23.7 Å². The maximum absolute atomic E-state index is 12.6. The van der Waals surface area contributed by atoms with E-state index >= 15 is 0 Å². The molecule has 2 aromatic carbocycles. The molecule has 2 N–H and O–H groups in total. The highest BCUT2D eigenvalue weighted by Crippen LogP contribution is 2.49. The average Bonchev–Trinajstić information content (AvgIpc) is 3.54. The lowest BCUT2D eigenvalue weighted by atomic mass is 9.93. The molecule has 0 aliphatic heterocycles. The summed E-state index contributed by atoms with van der Waals surface area (Å²) in [4.78, 5) is 24.4. The van der Waals surface area contributed by atoms with Crippen LogP contribution in [0.25, 0.3) is 10.8 Å². The fourth-order valence-corrected chi connectivity index (χ4v) is 4.05. The van der Waals surface area contributed by atoms with Crippen LogP contribution in [0.2, 0.25) is 0 Å². The Hall–Kier alpha value is -2.36. The standard InChI is InChI=1S/C22H25NO3/c24-21(20(15-8-9-15)16-10-11-16)23-13-18(22(25)26)12-17-6-3-5-14-4-1-2-7-19(14)17/h1-7,15-16,18,20H,8-13H2,(H,23,24)(H,25,26). The number of rotatable bonds is 8. The number of hydrogen-bond donors (Lipinski definition) is 2. The van der Waals surface area contributed by atoms with Crippen molar-refractivity contribution >= 4 is 22.6 Å². The molecular weight excluding hydrogens is 326 g/mol. The number of amides is 1. The van der Waals surface area contributed by atoms with E-state index in [0.29, 0.717) is 18.3 Å². The monoisotopic (exact) mass is 351 g/mol. The van der Waals surface area contributed by atoms with Crippen LogP contribution in [0.15, 0.2) is 42.5 Å². The fraction of sp³-hybridized carbons (Fsp3) is 0.455. The molecule has 136 valence electrons. The van der Waals surface area contributed by atoms with E-state index < -0.39 is 11.9 Å². The Kier molecular flexibility index (Phi) is 4.66. The van der Waals surface area contributed by atoms with Gasteiger partial charge < -0.3 is 10.4 Å². The average molecular weight is 351 g/mol. The van der Waals surface area contributed by atoms with Gasteiger partial charge in [0.1, 0.15) is 0 Å². The van der Waals surface area contributed by atoms with E-state index in [-0.39, 0.29) is 18.4 Å². The molecule has 1 atom stereocenters. The Morgan fingerprint density at radius 2 is 1.65 bits per heavy atom. The largest absolute Gasteiger partial charge is 0.481 e. The molecule has 0 spiro atoms. The Morgan fingerprint density at radius 1 is 1.00 bits per heavy atom. The van der Waals surface area contributed by atoms with Gasteiger partial charge in [-0.15, -0.1) is 0 Å². The van der Waals surface area contributed by atoms with Crippen LogP contribution in [0.1, 0.15) is 31.2 Å². The van der Waals surface area contributed by atoms with Gasteiger partial charge in [0, 0.05) is 12.5 Å². The maximum Gasteiger partial charge on any atom is 0.308 e. The van der Waals surface area contributed by atoms with E-state index in [2.05, 4.69) is 5.32 Å². The van der Waals surface area contributed by atoms with Gasteiger partial charge in [-0.25, -0.2) is 0 Å². The van der Waals surface area contributed by atoms with Crippen molar-refractivity contribution in [2.45, 2.75) is 32.1 Å². The Morgan fingerprint density at radius 3 is 2.31 bits per heavy atom. The summed E-state index contributed by atoms with van der Waals surface area (Å²) in [7, 11) is 0. The first-order valence-electron chi connectivity index (χ1n) is 9.60. The summed E-state index contributed by atoms with van der Waals surface area (Å²) in [5, 5.41) is 14.8. The minimum Gasteiger partial charge on any atom is -0.481 e. The van der Waals surface area contributed by atoms with Crippen LogP contribution in [0.3, 0.4) is 0 Å². The van der Waals surface area contributed by atoms with Crippen LogP contribution < -0.4 is 5.32 Å². The molecule has 2 aliphatic rings. The molecule has 2 fully saturated rings. The Labute approximate surface area is 153 Å². The number of nitrogens with one attached hydrogen (secondary N) is 1. The highest BCUT2D eigenvalue weighted by molar-refractivity contribution is 5.86. The van der Waals surface area contributed by atoms with Gasteiger partial charge >= 0.3 is 5.97 Å². The smallest absolute Gasteiger partial charge is 0.308 e. The molecule has 2 aliphatic carbocycles. The van der Waals surface area contributed by atoms with Gasteiger partial charge in [0.05, 0.1) is 5.92 Å². The number of hydrogen-bond acceptors (Lipinski definition) is 2. The highest BCUT2D eigenvalue weighted by atomic mass is 16.4. The highest BCUT2D eigenvalue weighted by Gasteiger charge is 2.45. The summed E-state index contributed by atoms with van der Waals surface area (Å²) < 4.78 is 0. The zero-order chi connectivity index (χ0) is 18.1. The summed E-state index contributed by atoms with van der Waals surface area (Å²) in [6, 6.07) is 14.0. The van der Waals surface area contributed by atoms with Crippen LogP contribution in [0.4, 0.5) is 0 Å². The fourth-order valence-electron chi connectivity index (χ4n) is 4.05. The molecule has 1 amide bonds. The summed E-state index contributed by atoms with van der Waals surface area (Å²) in [5.41, 5.74) is 1.02. The van der Waals surface area contributed by atoms with Crippen molar-refractivity contribution in [1.29, 1.82) is 0 Å². The van der Waals surface area contributed by atoms with Crippen LogP contribution in [-0.2, 0) is 16.0 Å². The molecule has 2 aromatic rings. The van der Waals surface area contributed by atoms with Crippen molar-refractivity contribution in [3.63, 3.8) is 0 Å². The summed E-state index contributed by atoms with van der Waals surface area (Å²) >= 11 is 0. The molecule has 0 radical (unpaired) electrons. The van der Waals surface area contributed by atoms with Crippen LogP contribution in [-0.4, -0.2) is 23.5 Å². The van der Waals surface area contributed by atoms with Gasteiger partial charge in [0.15, 0.2) is 0 Å². The molecule has 2 saturated carbocycles. The molecule has 1 unspecified atom stereocenters. The van der Waals surface area contributed by atoms with Crippen molar-refractivity contribution in [2.75, 3.05) is 6.54 Å². The number of carboxylic acid groups (broad SMARTS) is 1. The third-order valence-corrected chi connectivity index (χ3v) is 5.78. The first kappa shape index (κ1) is 17.1. The number of carbonyl (C=O) groups is 2. The molecule has 0 aromatic heterocycles. The molecule has 0 saturated heterocycles. The summed E-state index contributed by atoms with van der Waals surface area (Å²) in [5.74, 6) is -0.217. The van der Waals surface area contributed by atoms with E-state index in [1.807, 2.05) is 42.5 Å².